The first-order chi connectivity index (χ1) is 8.11. The van der Waals surface area contributed by atoms with Crippen LogP contribution >= 0.6 is 0 Å². The molecule has 4 nitrogen and oxygen atoms in total. The number of rotatable bonds is 3. The predicted octanol–water partition coefficient (Wildman–Crippen LogP) is 3.28. The number of nitriles is 1. The number of hydrogen-bond donors (Lipinski definition) is 1. The molecule has 98 valence electrons. The molecule has 0 bridgehead atoms. The summed E-state index contributed by atoms with van der Waals surface area (Å²) in [6.45, 7) is 12.7. The van der Waals surface area contributed by atoms with E-state index >= 15 is 0 Å². The van der Waals surface area contributed by atoms with Crippen molar-refractivity contribution in [3.05, 3.63) is 17.5 Å². The fraction of sp³-hybridized carbons (Fsp3) is 0.643. The minimum absolute atomic E-state index is 0.112. The molecule has 0 fully saturated rings. The molecule has 1 N–H and O–H groups in total. The molecule has 0 unspecified atom stereocenters. The monoisotopic (exact) mass is 246 g/mol. The molecule has 0 aliphatic heterocycles. The van der Waals surface area contributed by atoms with Gasteiger partial charge >= 0.3 is 0 Å². The maximum absolute atomic E-state index is 8.90. The predicted molar refractivity (Wildman–Crippen MR) is 73.3 cm³/mol. The van der Waals surface area contributed by atoms with Crippen LogP contribution in [0.15, 0.2) is 6.07 Å². The second kappa shape index (κ2) is 4.93. The van der Waals surface area contributed by atoms with E-state index < -0.39 is 0 Å². The summed E-state index contributed by atoms with van der Waals surface area (Å²) in [7, 11) is 0. The molecule has 0 spiro atoms. The van der Waals surface area contributed by atoms with E-state index in [4.69, 9.17) is 5.26 Å². The molecule has 0 aliphatic carbocycles. The van der Waals surface area contributed by atoms with E-state index in [1.165, 1.54) is 0 Å². The van der Waals surface area contributed by atoms with E-state index in [2.05, 4.69) is 56.0 Å². The third kappa shape index (κ3) is 4.70. The fourth-order valence-electron chi connectivity index (χ4n) is 2.35. The highest BCUT2D eigenvalue weighted by molar-refractivity contribution is 5.35. The van der Waals surface area contributed by atoms with Crippen molar-refractivity contribution in [1.82, 2.24) is 9.97 Å². The van der Waals surface area contributed by atoms with Crippen molar-refractivity contribution in [2.24, 2.45) is 5.41 Å². The summed E-state index contributed by atoms with van der Waals surface area (Å²) in [5, 5.41) is 12.2. The summed E-state index contributed by atoms with van der Waals surface area (Å²) >= 11 is 0. The Bertz CT molecular complexity index is 464. The van der Waals surface area contributed by atoms with Gasteiger partial charge in [-0.3, -0.25) is 0 Å². The maximum atomic E-state index is 8.90. The van der Waals surface area contributed by atoms with Crippen LogP contribution in [0, 0.1) is 23.7 Å². The Kier molecular flexibility index (Phi) is 3.95. The zero-order valence-electron chi connectivity index (χ0n) is 12.1. The van der Waals surface area contributed by atoms with Crippen molar-refractivity contribution in [1.29, 1.82) is 5.26 Å². The Labute approximate surface area is 109 Å². The van der Waals surface area contributed by atoms with E-state index in [1.807, 2.05) is 6.92 Å². The first-order valence-electron chi connectivity index (χ1n) is 6.15. The first kappa shape index (κ1) is 14.4. The van der Waals surface area contributed by atoms with Crippen molar-refractivity contribution >= 4 is 5.95 Å². The number of hydrogen-bond acceptors (Lipinski definition) is 4. The van der Waals surface area contributed by atoms with Crippen molar-refractivity contribution < 1.29 is 0 Å². The van der Waals surface area contributed by atoms with Crippen LogP contribution in [0.2, 0.25) is 0 Å². The van der Waals surface area contributed by atoms with E-state index in [0.717, 1.165) is 12.1 Å². The average Bonchev–Trinajstić information content (AvgIpc) is 2.11. The van der Waals surface area contributed by atoms with Crippen LogP contribution in [-0.2, 0) is 0 Å². The summed E-state index contributed by atoms with van der Waals surface area (Å²) in [4.78, 5) is 8.51. The minimum Gasteiger partial charge on any atom is -0.349 e. The lowest BCUT2D eigenvalue weighted by Crippen LogP contribution is -2.36. The average molecular weight is 246 g/mol. The second-order valence-corrected chi connectivity index (χ2v) is 6.58. The van der Waals surface area contributed by atoms with Crippen LogP contribution in [0.3, 0.4) is 0 Å². The number of aromatic nitrogens is 2. The molecular formula is C14H22N4. The van der Waals surface area contributed by atoms with Crippen LogP contribution in [0.4, 0.5) is 5.95 Å². The number of nitrogens with zero attached hydrogens (tertiary/aromatic N) is 3. The molecule has 4 heteroatoms. The Balaban J connectivity index is 2.90. The first-order valence-corrected chi connectivity index (χ1v) is 6.15. The van der Waals surface area contributed by atoms with Crippen molar-refractivity contribution in [2.75, 3.05) is 5.32 Å². The van der Waals surface area contributed by atoms with Gasteiger partial charge in [0, 0.05) is 11.2 Å². The van der Waals surface area contributed by atoms with Gasteiger partial charge in [-0.2, -0.15) is 5.26 Å². The summed E-state index contributed by atoms with van der Waals surface area (Å²) in [6, 6.07) is 3.73. The van der Waals surface area contributed by atoms with Gasteiger partial charge in [0.15, 0.2) is 0 Å². The van der Waals surface area contributed by atoms with Gasteiger partial charge in [0.1, 0.15) is 11.8 Å². The zero-order chi connectivity index (χ0) is 14.0. The van der Waals surface area contributed by atoms with Gasteiger partial charge in [-0.15, -0.1) is 0 Å². The van der Waals surface area contributed by atoms with Crippen LogP contribution in [0.5, 0.6) is 0 Å². The summed E-state index contributed by atoms with van der Waals surface area (Å²) < 4.78 is 0. The molecule has 0 aliphatic rings. The lowest BCUT2D eigenvalue weighted by Gasteiger charge is -2.33. The zero-order valence-corrected chi connectivity index (χ0v) is 12.1. The Morgan fingerprint density at radius 1 is 1.22 bits per heavy atom. The third-order valence-corrected chi connectivity index (χ3v) is 2.39. The van der Waals surface area contributed by atoms with Crippen molar-refractivity contribution in [3.63, 3.8) is 0 Å². The number of anilines is 1. The molecular weight excluding hydrogens is 224 g/mol. The largest absolute Gasteiger partial charge is 0.349 e. The van der Waals surface area contributed by atoms with Crippen molar-refractivity contribution in [2.45, 2.75) is 53.5 Å². The molecule has 1 aromatic rings. The molecule has 0 radical (unpaired) electrons. The molecule has 0 atom stereocenters. The van der Waals surface area contributed by atoms with E-state index in [1.54, 1.807) is 6.07 Å². The summed E-state index contributed by atoms with van der Waals surface area (Å²) in [6.07, 6.45) is 0.985. The van der Waals surface area contributed by atoms with Gasteiger partial charge in [0.05, 0.1) is 0 Å². The van der Waals surface area contributed by atoms with E-state index in [-0.39, 0.29) is 11.0 Å². The molecule has 1 rings (SSSR count). The molecule has 18 heavy (non-hydrogen) atoms. The highest BCUT2D eigenvalue weighted by Gasteiger charge is 2.26. The molecule has 1 heterocycles. The number of aryl methyl sites for hydroxylation is 1. The maximum Gasteiger partial charge on any atom is 0.224 e. The molecule has 0 aromatic carbocycles. The van der Waals surface area contributed by atoms with E-state index in [9.17, 15) is 0 Å². The minimum atomic E-state index is -0.112. The Morgan fingerprint density at radius 2 is 1.83 bits per heavy atom. The fourth-order valence-corrected chi connectivity index (χ4v) is 2.35. The summed E-state index contributed by atoms with van der Waals surface area (Å²) in [5.74, 6) is 0.529. The highest BCUT2D eigenvalue weighted by atomic mass is 15.1. The van der Waals surface area contributed by atoms with Gasteiger partial charge in [-0.05, 0) is 38.7 Å². The Hall–Kier alpha value is -1.63. The van der Waals surface area contributed by atoms with Gasteiger partial charge < -0.3 is 5.32 Å². The van der Waals surface area contributed by atoms with Gasteiger partial charge in [0.2, 0.25) is 5.95 Å². The topological polar surface area (TPSA) is 61.6 Å². The summed E-state index contributed by atoms with van der Waals surface area (Å²) in [5.41, 5.74) is 1.31. The molecule has 0 amide bonds. The SMILES string of the molecule is Cc1cc(C#N)nc(NC(C)(C)CC(C)(C)C)n1. The molecule has 0 saturated heterocycles. The van der Waals surface area contributed by atoms with Gasteiger partial charge in [-0.1, -0.05) is 20.8 Å². The molecule has 1 aromatic heterocycles. The number of nitrogens with one attached hydrogen (secondary N) is 1. The van der Waals surface area contributed by atoms with Crippen LogP contribution in [0.25, 0.3) is 0 Å². The van der Waals surface area contributed by atoms with E-state index in [0.29, 0.717) is 11.6 Å². The third-order valence-electron chi connectivity index (χ3n) is 2.39. The lowest BCUT2D eigenvalue weighted by molar-refractivity contribution is 0.301. The van der Waals surface area contributed by atoms with Crippen LogP contribution in [0.1, 0.15) is 52.4 Å². The standard InChI is InChI=1S/C14H22N4/c1-10-7-11(8-15)17-12(16-10)18-14(5,6)9-13(2,3)4/h7H,9H2,1-6H3,(H,16,17,18). The Morgan fingerprint density at radius 3 is 2.33 bits per heavy atom. The molecule has 0 saturated carbocycles. The van der Waals surface area contributed by atoms with Crippen LogP contribution in [-0.4, -0.2) is 15.5 Å². The van der Waals surface area contributed by atoms with Gasteiger partial charge in [-0.25, -0.2) is 9.97 Å². The van der Waals surface area contributed by atoms with Crippen molar-refractivity contribution in [3.8, 4) is 6.07 Å². The highest BCUT2D eigenvalue weighted by Crippen LogP contribution is 2.28. The normalized spacial score (nSPS) is 12.1. The van der Waals surface area contributed by atoms with Gasteiger partial charge in [0.25, 0.3) is 0 Å². The smallest absolute Gasteiger partial charge is 0.224 e. The lowest BCUT2D eigenvalue weighted by atomic mass is 9.82. The second-order valence-electron chi connectivity index (χ2n) is 6.58. The quantitative estimate of drug-likeness (QED) is 0.889. The van der Waals surface area contributed by atoms with Crippen LogP contribution < -0.4 is 5.32 Å².